The van der Waals surface area contributed by atoms with Gasteiger partial charge in [-0.25, -0.2) is 0 Å². The van der Waals surface area contributed by atoms with Crippen LogP contribution in [0.25, 0.3) is 0 Å². The Bertz CT molecular complexity index is 401. The number of likely N-dealkylation sites (N-methyl/N-ethyl adjacent to an activating group) is 1. The first-order chi connectivity index (χ1) is 10.1. The minimum absolute atomic E-state index is 0.0975. The molecule has 0 bridgehead atoms. The molecule has 0 aliphatic carbocycles. The predicted octanol–water partition coefficient (Wildman–Crippen LogP) is 3.23. The summed E-state index contributed by atoms with van der Waals surface area (Å²) in [6, 6.07) is 9.82. The average molecular weight is 290 g/mol. The molecule has 1 aromatic rings. The summed E-state index contributed by atoms with van der Waals surface area (Å²) >= 11 is 0. The summed E-state index contributed by atoms with van der Waals surface area (Å²) < 4.78 is 0. The van der Waals surface area contributed by atoms with E-state index in [-0.39, 0.29) is 11.9 Å². The van der Waals surface area contributed by atoms with Crippen LogP contribution >= 0.6 is 0 Å². The third-order valence-corrected chi connectivity index (χ3v) is 4.23. The molecule has 0 saturated heterocycles. The highest BCUT2D eigenvalue weighted by molar-refractivity contribution is 5.81. The van der Waals surface area contributed by atoms with Crippen molar-refractivity contribution in [3.05, 3.63) is 35.9 Å². The van der Waals surface area contributed by atoms with Gasteiger partial charge < -0.3 is 10.6 Å². The Hall–Kier alpha value is -1.35. The number of rotatable bonds is 9. The Morgan fingerprint density at radius 2 is 1.76 bits per heavy atom. The van der Waals surface area contributed by atoms with Crippen LogP contribution in [0.15, 0.2) is 30.3 Å². The molecular formula is C18H30N2O. The van der Waals surface area contributed by atoms with E-state index in [9.17, 15) is 4.79 Å². The maximum atomic E-state index is 12.5. The van der Waals surface area contributed by atoms with Crippen molar-refractivity contribution >= 4 is 5.91 Å². The van der Waals surface area contributed by atoms with Crippen molar-refractivity contribution in [3.8, 4) is 0 Å². The zero-order chi connectivity index (χ0) is 15.7. The molecule has 2 N–H and O–H groups in total. The molecule has 0 heterocycles. The molecule has 1 aromatic carbocycles. The summed E-state index contributed by atoms with van der Waals surface area (Å²) in [6.07, 6.45) is 3.79. The topological polar surface area (TPSA) is 46.3 Å². The molecule has 0 aromatic heterocycles. The lowest BCUT2D eigenvalue weighted by Crippen LogP contribution is -2.45. The second-order valence-corrected chi connectivity index (χ2v) is 5.69. The van der Waals surface area contributed by atoms with Crippen molar-refractivity contribution in [3.63, 3.8) is 0 Å². The molecule has 0 spiro atoms. The predicted molar refractivity (Wildman–Crippen MR) is 89.1 cm³/mol. The Morgan fingerprint density at radius 1 is 1.14 bits per heavy atom. The lowest BCUT2D eigenvalue weighted by Gasteiger charge is -2.28. The van der Waals surface area contributed by atoms with Crippen molar-refractivity contribution < 1.29 is 4.79 Å². The van der Waals surface area contributed by atoms with Crippen LogP contribution in [0.2, 0.25) is 0 Å². The van der Waals surface area contributed by atoms with Crippen LogP contribution in [0, 0.1) is 5.92 Å². The summed E-state index contributed by atoms with van der Waals surface area (Å²) in [5.74, 6) is 0.676. The lowest BCUT2D eigenvalue weighted by molar-refractivity contribution is -0.133. The lowest BCUT2D eigenvalue weighted by atomic mass is 10.0. The number of amides is 1. The first-order valence-electron chi connectivity index (χ1n) is 8.20. The summed E-state index contributed by atoms with van der Waals surface area (Å²) in [7, 11) is 0. The van der Waals surface area contributed by atoms with E-state index in [2.05, 4.69) is 26.0 Å². The van der Waals surface area contributed by atoms with E-state index >= 15 is 0 Å². The van der Waals surface area contributed by atoms with E-state index in [0.29, 0.717) is 12.3 Å². The van der Waals surface area contributed by atoms with Gasteiger partial charge in [0, 0.05) is 13.1 Å². The van der Waals surface area contributed by atoms with Gasteiger partial charge in [0.05, 0.1) is 6.04 Å². The highest BCUT2D eigenvalue weighted by Crippen LogP contribution is 2.12. The van der Waals surface area contributed by atoms with Gasteiger partial charge >= 0.3 is 0 Å². The fourth-order valence-corrected chi connectivity index (χ4v) is 2.56. The number of aryl methyl sites for hydroxylation is 1. The largest absolute Gasteiger partial charge is 0.341 e. The van der Waals surface area contributed by atoms with Crippen LogP contribution < -0.4 is 5.73 Å². The number of hydrogen-bond donors (Lipinski definition) is 1. The molecular weight excluding hydrogens is 260 g/mol. The van der Waals surface area contributed by atoms with E-state index in [0.717, 1.165) is 32.4 Å². The van der Waals surface area contributed by atoms with Gasteiger partial charge in [-0.2, -0.15) is 0 Å². The molecule has 0 fully saturated rings. The molecule has 21 heavy (non-hydrogen) atoms. The highest BCUT2D eigenvalue weighted by Gasteiger charge is 2.21. The standard InChI is InChI=1S/C18H30N2O/c1-4-15(5-2)14-20(6-3)18(21)17(19)13-12-16-10-8-7-9-11-16/h7-11,15,17H,4-6,12-14,19H2,1-3H3. The van der Waals surface area contributed by atoms with Gasteiger partial charge in [-0.1, -0.05) is 57.0 Å². The summed E-state index contributed by atoms with van der Waals surface area (Å²) in [4.78, 5) is 14.4. The Morgan fingerprint density at radius 3 is 2.29 bits per heavy atom. The third-order valence-electron chi connectivity index (χ3n) is 4.23. The zero-order valence-electron chi connectivity index (χ0n) is 13.7. The van der Waals surface area contributed by atoms with Crippen molar-refractivity contribution in [2.75, 3.05) is 13.1 Å². The van der Waals surface area contributed by atoms with E-state index in [4.69, 9.17) is 5.73 Å². The van der Waals surface area contributed by atoms with Crippen LogP contribution in [0.5, 0.6) is 0 Å². The molecule has 1 unspecified atom stereocenters. The van der Waals surface area contributed by atoms with Gasteiger partial charge in [0.25, 0.3) is 0 Å². The quantitative estimate of drug-likeness (QED) is 0.759. The molecule has 0 saturated carbocycles. The second kappa shape index (κ2) is 9.56. The Kier molecular flexibility index (Phi) is 8.06. The smallest absolute Gasteiger partial charge is 0.239 e. The number of hydrogen-bond acceptors (Lipinski definition) is 2. The number of carbonyl (C=O) groups is 1. The van der Waals surface area contributed by atoms with Gasteiger partial charge in [0.2, 0.25) is 5.91 Å². The molecule has 0 aliphatic heterocycles. The Labute approximate surface area is 129 Å². The number of benzene rings is 1. The average Bonchev–Trinajstić information content (AvgIpc) is 2.54. The number of nitrogens with two attached hydrogens (primary N) is 1. The molecule has 3 heteroatoms. The van der Waals surface area contributed by atoms with Crippen molar-refractivity contribution in [2.24, 2.45) is 11.7 Å². The molecule has 1 rings (SSSR count). The van der Waals surface area contributed by atoms with Crippen molar-refractivity contribution in [2.45, 2.75) is 52.5 Å². The molecule has 1 amide bonds. The van der Waals surface area contributed by atoms with Crippen LogP contribution in [0.4, 0.5) is 0 Å². The fraction of sp³-hybridized carbons (Fsp3) is 0.611. The maximum Gasteiger partial charge on any atom is 0.239 e. The second-order valence-electron chi connectivity index (χ2n) is 5.69. The highest BCUT2D eigenvalue weighted by atomic mass is 16.2. The minimum Gasteiger partial charge on any atom is -0.341 e. The monoisotopic (exact) mass is 290 g/mol. The van der Waals surface area contributed by atoms with Gasteiger partial charge in [0.15, 0.2) is 0 Å². The summed E-state index contributed by atoms with van der Waals surface area (Å²) in [5, 5.41) is 0. The van der Waals surface area contributed by atoms with Crippen LogP contribution in [0.1, 0.15) is 45.6 Å². The van der Waals surface area contributed by atoms with Gasteiger partial charge in [0.1, 0.15) is 0 Å². The molecule has 1 atom stereocenters. The van der Waals surface area contributed by atoms with Crippen molar-refractivity contribution in [1.82, 2.24) is 4.90 Å². The number of nitrogens with zero attached hydrogens (tertiary/aromatic N) is 1. The Balaban J connectivity index is 2.50. The van der Waals surface area contributed by atoms with E-state index in [1.54, 1.807) is 0 Å². The van der Waals surface area contributed by atoms with Crippen LogP contribution in [-0.2, 0) is 11.2 Å². The van der Waals surface area contributed by atoms with Crippen molar-refractivity contribution in [1.29, 1.82) is 0 Å². The summed E-state index contributed by atoms with van der Waals surface area (Å²) in [6.45, 7) is 7.98. The van der Waals surface area contributed by atoms with E-state index < -0.39 is 0 Å². The first-order valence-corrected chi connectivity index (χ1v) is 8.20. The molecule has 3 nitrogen and oxygen atoms in total. The molecule has 0 radical (unpaired) electrons. The van der Waals surface area contributed by atoms with E-state index in [1.165, 1.54) is 5.56 Å². The number of carbonyl (C=O) groups excluding carboxylic acids is 1. The SMILES string of the molecule is CCC(CC)CN(CC)C(=O)C(N)CCc1ccccc1. The molecule has 118 valence electrons. The minimum atomic E-state index is -0.389. The van der Waals surface area contributed by atoms with Gasteiger partial charge in [-0.15, -0.1) is 0 Å². The summed E-state index contributed by atoms with van der Waals surface area (Å²) in [5.41, 5.74) is 7.35. The normalized spacial score (nSPS) is 12.4. The maximum absolute atomic E-state index is 12.5. The van der Waals surface area contributed by atoms with Crippen LogP contribution in [0.3, 0.4) is 0 Å². The van der Waals surface area contributed by atoms with E-state index in [1.807, 2.05) is 30.0 Å². The zero-order valence-corrected chi connectivity index (χ0v) is 13.7. The molecule has 0 aliphatic rings. The fourth-order valence-electron chi connectivity index (χ4n) is 2.56. The van der Waals surface area contributed by atoms with Crippen LogP contribution in [-0.4, -0.2) is 29.9 Å². The first kappa shape index (κ1) is 17.7. The van der Waals surface area contributed by atoms with Gasteiger partial charge in [-0.05, 0) is 31.2 Å². The third kappa shape index (κ3) is 5.88. The van der Waals surface area contributed by atoms with Gasteiger partial charge in [-0.3, -0.25) is 4.79 Å².